The molecule has 2 aliphatic rings. The molecule has 0 aliphatic heterocycles. The number of hydrogen-bond donors (Lipinski definition) is 0. The van der Waals surface area contributed by atoms with Gasteiger partial charge in [0.25, 0.3) is 0 Å². The summed E-state index contributed by atoms with van der Waals surface area (Å²) in [5.41, 5.74) is 0.678. The van der Waals surface area contributed by atoms with Crippen LogP contribution in [0.3, 0.4) is 0 Å². The molecule has 2 fully saturated rings. The van der Waals surface area contributed by atoms with Crippen LogP contribution in [0.25, 0.3) is 0 Å². The maximum Gasteiger partial charge on any atom is 0.0653 e. The lowest BCUT2D eigenvalue weighted by Crippen LogP contribution is -2.34. The molecule has 2 aliphatic carbocycles. The van der Waals surface area contributed by atoms with Crippen molar-refractivity contribution < 1.29 is 0 Å². The van der Waals surface area contributed by atoms with Gasteiger partial charge in [-0.3, -0.25) is 0 Å². The zero-order valence-corrected chi connectivity index (χ0v) is 8.89. The standard InChI is InChI=1S/C12H21B/c1-12-8-3-6-10(12)4-2-5-11(12)7-9-13/h10-11H,2-9H2,1H3. The van der Waals surface area contributed by atoms with Crippen molar-refractivity contribution >= 4 is 7.85 Å². The van der Waals surface area contributed by atoms with Gasteiger partial charge in [0.05, 0.1) is 7.85 Å². The molecule has 3 atom stereocenters. The first-order valence-corrected chi connectivity index (χ1v) is 5.97. The molecule has 0 heterocycles. The van der Waals surface area contributed by atoms with Gasteiger partial charge >= 0.3 is 0 Å². The maximum atomic E-state index is 5.70. The highest BCUT2D eigenvalue weighted by atomic mass is 14.5. The third-order valence-electron chi connectivity index (χ3n) is 4.75. The smallest absolute Gasteiger partial charge is 0.0653 e. The van der Waals surface area contributed by atoms with Crippen LogP contribution in [0.5, 0.6) is 0 Å². The van der Waals surface area contributed by atoms with Crippen molar-refractivity contribution in [1.82, 2.24) is 0 Å². The number of rotatable bonds is 2. The molecule has 0 spiro atoms. The molecule has 0 nitrogen and oxygen atoms in total. The fraction of sp³-hybridized carbons (Fsp3) is 1.00. The molecule has 0 aromatic carbocycles. The minimum absolute atomic E-state index is 0.678. The van der Waals surface area contributed by atoms with E-state index in [0.29, 0.717) is 5.41 Å². The Hall–Kier alpha value is 0.0649. The van der Waals surface area contributed by atoms with Crippen molar-refractivity contribution in [3.05, 3.63) is 0 Å². The summed E-state index contributed by atoms with van der Waals surface area (Å²) in [6.07, 6.45) is 11.0. The molecule has 2 radical (unpaired) electrons. The molecular formula is C12H21B. The molecule has 13 heavy (non-hydrogen) atoms. The summed E-state index contributed by atoms with van der Waals surface area (Å²) in [7, 11) is 5.70. The zero-order chi connectivity index (χ0) is 9.31. The maximum absolute atomic E-state index is 5.70. The average molecular weight is 176 g/mol. The van der Waals surface area contributed by atoms with Gasteiger partial charge in [-0.15, -0.1) is 0 Å². The summed E-state index contributed by atoms with van der Waals surface area (Å²) in [4.78, 5) is 0. The second kappa shape index (κ2) is 3.67. The lowest BCUT2D eigenvalue weighted by Gasteiger charge is -2.44. The van der Waals surface area contributed by atoms with E-state index in [4.69, 9.17) is 7.85 Å². The monoisotopic (exact) mass is 176 g/mol. The van der Waals surface area contributed by atoms with Crippen LogP contribution in [0.1, 0.15) is 51.9 Å². The summed E-state index contributed by atoms with van der Waals surface area (Å²) in [5, 5.41) is 0. The lowest BCUT2D eigenvalue weighted by molar-refractivity contribution is 0.0661. The fourth-order valence-electron chi connectivity index (χ4n) is 3.89. The fourth-order valence-corrected chi connectivity index (χ4v) is 3.89. The van der Waals surface area contributed by atoms with Gasteiger partial charge < -0.3 is 0 Å². The van der Waals surface area contributed by atoms with Crippen molar-refractivity contribution in [3.63, 3.8) is 0 Å². The highest BCUT2D eigenvalue weighted by molar-refractivity contribution is 6.08. The van der Waals surface area contributed by atoms with Gasteiger partial charge in [0.2, 0.25) is 0 Å². The largest absolute Gasteiger partial charge is 0.0884 e. The van der Waals surface area contributed by atoms with Gasteiger partial charge in [0, 0.05) is 0 Å². The Kier molecular flexibility index (Phi) is 2.71. The molecule has 0 saturated heterocycles. The Morgan fingerprint density at radius 2 is 2.00 bits per heavy atom. The highest BCUT2D eigenvalue weighted by Crippen LogP contribution is 2.56. The van der Waals surface area contributed by atoms with Crippen LogP contribution in [0.4, 0.5) is 0 Å². The van der Waals surface area contributed by atoms with Crippen molar-refractivity contribution in [2.75, 3.05) is 0 Å². The van der Waals surface area contributed by atoms with E-state index in [1.807, 2.05) is 0 Å². The average Bonchev–Trinajstić information content (AvgIpc) is 2.49. The molecule has 2 rings (SSSR count). The van der Waals surface area contributed by atoms with E-state index in [9.17, 15) is 0 Å². The van der Waals surface area contributed by atoms with Gasteiger partial charge in [0.1, 0.15) is 0 Å². The Balaban J connectivity index is 2.08. The third kappa shape index (κ3) is 1.55. The lowest BCUT2D eigenvalue weighted by atomic mass is 9.61. The number of fused-ring (bicyclic) bond motifs is 1. The van der Waals surface area contributed by atoms with Crippen LogP contribution in [-0.2, 0) is 0 Å². The van der Waals surface area contributed by atoms with E-state index < -0.39 is 0 Å². The molecule has 0 amide bonds. The quantitative estimate of drug-likeness (QED) is 0.564. The minimum Gasteiger partial charge on any atom is -0.0884 e. The Bertz CT molecular complexity index is 176. The van der Waals surface area contributed by atoms with Crippen LogP contribution < -0.4 is 0 Å². The molecule has 1 heteroatoms. The van der Waals surface area contributed by atoms with Gasteiger partial charge in [-0.25, -0.2) is 0 Å². The van der Waals surface area contributed by atoms with Gasteiger partial charge in [-0.2, -0.15) is 0 Å². The summed E-state index contributed by atoms with van der Waals surface area (Å²) in [6, 6.07) is 0. The Morgan fingerprint density at radius 3 is 2.77 bits per heavy atom. The SMILES string of the molecule is [B]CCC1CCCC2CCCC12C. The molecule has 0 aromatic heterocycles. The molecular weight excluding hydrogens is 155 g/mol. The normalized spacial score (nSPS) is 44.7. The number of hydrogen-bond acceptors (Lipinski definition) is 0. The summed E-state index contributed by atoms with van der Waals surface area (Å²) < 4.78 is 0. The molecule has 0 bridgehead atoms. The van der Waals surface area contributed by atoms with E-state index in [1.54, 1.807) is 0 Å². The van der Waals surface area contributed by atoms with Crippen LogP contribution >= 0.6 is 0 Å². The van der Waals surface area contributed by atoms with Crippen molar-refractivity contribution in [2.24, 2.45) is 17.3 Å². The molecule has 72 valence electrons. The van der Waals surface area contributed by atoms with Crippen LogP contribution in [0.2, 0.25) is 6.32 Å². The van der Waals surface area contributed by atoms with E-state index in [2.05, 4.69) is 6.92 Å². The van der Waals surface area contributed by atoms with Crippen molar-refractivity contribution in [1.29, 1.82) is 0 Å². The summed E-state index contributed by atoms with van der Waals surface area (Å²) in [5.74, 6) is 1.98. The second-order valence-corrected chi connectivity index (χ2v) is 5.30. The second-order valence-electron chi connectivity index (χ2n) is 5.30. The van der Waals surface area contributed by atoms with Crippen LogP contribution in [0.15, 0.2) is 0 Å². The zero-order valence-electron chi connectivity index (χ0n) is 8.89. The predicted molar refractivity (Wildman–Crippen MR) is 58.0 cm³/mol. The molecule has 2 saturated carbocycles. The van der Waals surface area contributed by atoms with E-state index in [-0.39, 0.29) is 0 Å². The topological polar surface area (TPSA) is 0 Å². The van der Waals surface area contributed by atoms with Crippen LogP contribution in [0, 0.1) is 17.3 Å². The van der Waals surface area contributed by atoms with E-state index >= 15 is 0 Å². The summed E-state index contributed by atoms with van der Waals surface area (Å²) >= 11 is 0. The Morgan fingerprint density at radius 1 is 1.23 bits per heavy atom. The van der Waals surface area contributed by atoms with Gasteiger partial charge in [-0.05, 0) is 42.9 Å². The molecule has 0 N–H and O–H groups in total. The first kappa shape index (κ1) is 9.61. The van der Waals surface area contributed by atoms with E-state index in [1.165, 1.54) is 44.9 Å². The van der Waals surface area contributed by atoms with Crippen LogP contribution in [-0.4, -0.2) is 7.85 Å². The summed E-state index contributed by atoms with van der Waals surface area (Å²) in [6.45, 7) is 2.53. The van der Waals surface area contributed by atoms with E-state index in [0.717, 1.165) is 18.2 Å². The van der Waals surface area contributed by atoms with Gasteiger partial charge in [-0.1, -0.05) is 32.5 Å². The van der Waals surface area contributed by atoms with Crippen molar-refractivity contribution in [3.8, 4) is 0 Å². The van der Waals surface area contributed by atoms with Gasteiger partial charge in [0.15, 0.2) is 0 Å². The first-order chi connectivity index (χ1) is 6.27. The molecule has 3 unspecified atom stereocenters. The highest BCUT2D eigenvalue weighted by Gasteiger charge is 2.45. The third-order valence-corrected chi connectivity index (χ3v) is 4.75. The minimum atomic E-state index is 0.678. The predicted octanol–water partition coefficient (Wildman–Crippen LogP) is 3.57. The first-order valence-electron chi connectivity index (χ1n) is 5.97. The van der Waals surface area contributed by atoms with Crippen molar-refractivity contribution in [2.45, 2.75) is 58.2 Å². The molecule has 0 aromatic rings. The Labute approximate surface area is 83.9 Å².